The van der Waals surface area contributed by atoms with E-state index >= 15 is 0 Å². The molecule has 0 spiro atoms. The summed E-state index contributed by atoms with van der Waals surface area (Å²) in [5.41, 5.74) is 1.50. The molecule has 0 heterocycles. The van der Waals surface area contributed by atoms with Gasteiger partial charge in [-0.3, -0.25) is 8.98 Å². The van der Waals surface area contributed by atoms with E-state index in [9.17, 15) is 13.2 Å². The van der Waals surface area contributed by atoms with E-state index in [2.05, 4.69) is 13.8 Å². The molecule has 5 heteroatoms. The molecule has 5 rings (SSSR count). The number of carbonyl (C=O) groups is 1. The van der Waals surface area contributed by atoms with Gasteiger partial charge in [0.25, 0.3) is 10.1 Å². The van der Waals surface area contributed by atoms with Gasteiger partial charge in [0, 0.05) is 5.92 Å². The van der Waals surface area contributed by atoms with Crippen LogP contribution >= 0.6 is 0 Å². The molecule has 33 heavy (non-hydrogen) atoms. The smallest absolute Gasteiger partial charge is 0.297 e. The highest BCUT2D eigenvalue weighted by atomic mass is 32.2. The van der Waals surface area contributed by atoms with Gasteiger partial charge < -0.3 is 0 Å². The lowest BCUT2D eigenvalue weighted by Crippen LogP contribution is -2.54. The first-order chi connectivity index (χ1) is 15.5. The van der Waals surface area contributed by atoms with Crippen LogP contribution in [0.5, 0.6) is 0 Å². The van der Waals surface area contributed by atoms with Crippen molar-refractivity contribution in [1.82, 2.24) is 0 Å². The molecule has 8 atom stereocenters. The minimum atomic E-state index is -3.72. The van der Waals surface area contributed by atoms with Gasteiger partial charge >= 0.3 is 0 Å². The van der Waals surface area contributed by atoms with Gasteiger partial charge in [-0.05, 0) is 118 Å². The Kier molecular flexibility index (Phi) is 5.84. The van der Waals surface area contributed by atoms with Crippen LogP contribution in [0.1, 0.15) is 84.1 Å². The lowest BCUT2D eigenvalue weighted by molar-refractivity contribution is -0.137. The van der Waals surface area contributed by atoms with E-state index in [1.807, 2.05) is 19.1 Å². The van der Waals surface area contributed by atoms with E-state index in [0.717, 1.165) is 37.2 Å². The zero-order valence-electron chi connectivity index (χ0n) is 20.7. The number of hydrogen-bond acceptors (Lipinski definition) is 4. The predicted molar refractivity (Wildman–Crippen MR) is 129 cm³/mol. The summed E-state index contributed by atoms with van der Waals surface area (Å²) in [6.45, 7) is 8.64. The minimum Gasteiger partial charge on any atom is -0.300 e. The minimum absolute atomic E-state index is 0.193. The van der Waals surface area contributed by atoms with Gasteiger partial charge in [0.1, 0.15) is 5.78 Å². The fraction of sp³-hybridized carbons (Fsp3) is 0.750. The highest BCUT2D eigenvalue weighted by Crippen LogP contribution is 2.67. The molecule has 4 nitrogen and oxygen atoms in total. The van der Waals surface area contributed by atoms with Gasteiger partial charge in [-0.1, -0.05) is 31.5 Å². The molecular weight excluding hydrogens is 432 g/mol. The van der Waals surface area contributed by atoms with Crippen molar-refractivity contribution in [1.29, 1.82) is 0 Å². The molecular formula is C28H40O4S. The second-order valence-electron chi connectivity index (χ2n) is 12.2. The van der Waals surface area contributed by atoms with Crippen molar-refractivity contribution >= 4 is 15.9 Å². The SMILES string of the molecule is CC(=O)[C@H]1CC[C@H]2[C@@H]3CC[C@H]4CC(OS(=O)(=O)c5ccc(C)cc5)CC[C@]4(C)[C@H]3CC[C@]12C. The lowest BCUT2D eigenvalue weighted by atomic mass is 9.44. The molecule has 0 saturated heterocycles. The first-order valence-corrected chi connectivity index (χ1v) is 14.5. The maximum absolute atomic E-state index is 12.9. The molecule has 4 saturated carbocycles. The van der Waals surface area contributed by atoms with Crippen LogP contribution in [-0.2, 0) is 19.1 Å². The maximum atomic E-state index is 12.9. The molecule has 0 aromatic heterocycles. The summed E-state index contributed by atoms with van der Waals surface area (Å²) in [7, 11) is -3.72. The van der Waals surface area contributed by atoms with Crippen molar-refractivity contribution < 1.29 is 17.4 Å². The summed E-state index contributed by atoms with van der Waals surface area (Å²) in [6, 6.07) is 6.95. The van der Waals surface area contributed by atoms with Crippen molar-refractivity contribution in [2.24, 2.45) is 40.4 Å². The molecule has 0 N–H and O–H groups in total. The monoisotopic (exact) mass is 472 g/mol. The number of aryl methyl sites for hydroxylation is 1. The van der Waals surface area contributed by atoms with Crippen molar-refractivity contribution in [3.8, 4) is 0 Å². The summed E-state index contributed by atoms with van der Waals surface area (Å²) in [4.78, 5) is 12.6. The molecule has 1 aromatic carbocycles. The second kappa shape index (κ2) is 8.19. The quantitative estimate of drug-likeness (QED) is 0.481. The normalized spacial score (nSPS) is 42.8. The highest BCUT2D eigenvalue weighted by Gasteiger charge is 2.61. The Morgan fingerprint density at radius 3 is 2.27 bits per heavy atom. The van der Waals surface area contributed by atoms with Gasteiger partial charge in [0.05, 0.1) is 11.0 Å². The molecule has 1 aromatic rings. The van der Waals surface area contributed by atoms with Gasteiger partial charge in [0.15, 0.2) is 0 Å². The van der Waals surface area contributed by atoms with Crippen LogP contribution in [0.25, 0.3) is 0 Å². The van der Waals surface area contributed by atoms with E-state index in [4.69, 9.17) is 4.18 Å². The Morgan fingerprint density at radius 2 is 1.58 bits per heavy atom. The molecule has 4 aliphatic carbocycles. The predicted octanol–water partition coefficient (Wildman–Crippen LogP) is 6.32. The number of benzene rings is 1. The van der Waals surface area contributed by atoms with Gasteiger partial charge in [0.2, 0.25) is 0 Å². The Morgan fingerprint density at radius 1 is 0.909 bits per heavy atom. The van der Waals surface area contributed by atoms with Crippen molar-refractivity contribution in [3.63, 3.8) is 0 Å². The van der Waals surface area contributed by atoms with Crippen LogP contribution in [0, 0.1) is 47.3 Å². The first kappa shape index (κ1) is 23.5. The van der Waals surface area contributed by atoms with Crippen LogP contribution in [0.4, 0.5) is 0 Å². The molecule has 4 aliphatic rings. The van der Waals surface area contributed by atoms with Crippen LogP contribution in [0.3, 0.4) is 0 Å². The molecule has 0 radical (unpaired) electrons. The zero-order chi connectivity index (χ0) is 23.6. The molecule has 4 fully saturated rings. The Balaban J connectivity index is 1.30. The van der Waals surface area contributed by atoms with Crippen LogP contribution < -0.4 is 0 Å². The Bertz CT molecular complexity index is 1010. The van der Waals surface area contributed by atoms with Gasteiger partial charge in [-0.15, -0.1) is 0 Å². The third-order valence-electron chi connectivity index (χ3n) is 10.7. The van der Waals surface area contributed by atoms with Crippen molar-refractivity contribution in [3.05, 3.63) is 29.8 Å². The lowest BCUT2D eigenvalue weighted by Gasteiger charge is -2.61. The molecule has 1 unspecified atom stereocenters. The summed E-state index contributed by atoms with van der Waals surface area (Å²) >= 11 is 0. The summed E-state index contributed by atoms with van der Waals surface area (Å²) in [6.07, 6.45) is 9.58. The fourth-order valence-electron chi connectivity index (χ4n) is 8.91. The average Bonchev–Trinajstić information content (AvgIpc) is 3.11. The third-order valence-corrected chi connectivity index (χ3v) is 12.1. The average molecular weight is 473 g/mol. The molecule has 0 amide bonds. The zero-order valence-corrected chi connectivity index (χ0v) is 21.5. The van der Waals surface area contributed by atoms with E-state index in [-0.39, 0.29) is 27.7 Å². The fourth-order valence-corrected chi connectivity index (χ4v) is 10.0. The Hall–Kier alpha value is -1.20. The third kappa shape index (κ3) is 3.82. The molecule has 182 valence electrons. The van der Waals surface area contributed by atoms with Crippen LogP contribution in [-0.4, -0.2) is 20.3 Å². The first-order valence-electron chi connectivity index (χ1n) is 13.0. The van der Waals surface area contributed by atoms with E-state index in [1.54, 1.807) is 19.1 Å². The highest BCUT2D eigenvalue weighted by molar-refractivity contribution is 7.86. The topological polar surface area (TPSA) is 60.4 Å². The number of fused-ring (bicyclic) bond motifs is 5. The van der Waals surface area contributed by atoms with Crippen LogP contribution in [0.2, 0.25) is 0 Å². The second-order valence-corrected chi connectivity index (χ2v) is 13.8. The molecule has 0 bridgehead atoms. The van der Waals surface area contributed by atoms with Crippen molar-refractivity contribution in [2.75, 3.05) is 0 Å². The number of hydrogen-bond donors (Lipinski definition) is 0. The summed E-state index contributed by atoms with van der Waals surface area (Å²) < 4.78 is 31.5. The van der Waals surface area contributed by atoms with E-state index < -0.39 is 10.1 Å². The summed E-state index contributed by atoms with van der Waals surface area (Å²) in [5, 5.41) is 0. The van der Waals surface area contributed by atoms with Gasteiger partial charge in [-0.2, -0.15) is 8.42 Å². The molecule has 0 aliphatic heterocycles. The summed E-state index contributed by atoms with van der Waals surface area (Å²) in [5.74, 6) is 3.28. The number of Topliss-reactive ketones (excluding diaryl/α,β-unsaturated/α-hetero) is 1. The standard InChI is InChI=1S/C28H40O4S/c1-18-5-8-22(9-6-18)33(30,31)32-21-13-15-27(3)20(17-21)7-10-23-25-12-11-24(19(2)29)28(25,4)16-14-26(23)27/h5-6,8-9,20-21,23-26H,7,10-17H2,1-4H3/t20-,21?,23-,24+,25-,26-,27-,28+/m0/s1. The van der Waals surface area contributed by atoms with Gasteiger partial charge in [-0.25, -0.2) is 0 Å². The van der Waals surface area contributed by atoms with Crippen molar-refractivity contribution in [2.45, 2.75) is 96.5 Å². The largest absolute Gasteiger partial charge is 0.300 e. The van der Waals surface area contributed by atoms with E-state index in [1.165, 1.54) is 32.1 Å². The van der Waals surface area contributed by atoms with Crippen LogP contribution in [0.15, 0.2) is 29.2 Å². The maximum Gasteiger partial charge on any atom is 0.297 e. The van der Waals surface area contributed by atoms with E-state index in [0.29, 0.717) is 23.5 Å². The Labute approximate surface area is 200 Å². The number of rotatable bonds is 4. The number of ketones is 1. The number of carbonyl (C=O) groups excluding carboxylic acids is 1.